The number of aromatic nitrogens is 4. The van der Waals surface area contributed by atoms with E-state index in [0.29, 0.717) is 11.5 Å². The third kappa shape index (κ3) is 4.20. The van der Waals surface area contributed by atoms with Crippen LogP contribution in [0.2, 0.25) is 0 Å². The standard InChI is InChI=1S/C18H18N4O3/c1-12-8-13(2)10-17(9-12)24-14(3)18(23)25-16-6-4-15(5-7-16)22-11-19-20-21-22/h4-11,14H,1-3H3. The van der Waals surface area contributed by atoms with Gasteiger partial charge in [-0.1, -0.05) is 6.07 Å². The van der Waals surface area contributed by atoms with Crippen molar-refractivity contribution in [3.63, 3.8) is 0 Å². The van der Waals surface area contributed by atoms with Crippen LogP contribution in [-0.2, 0) is 4.79 Å². The minimum Gasteiger partial charge on any atom is -0.479 e. The molecule has 1 heterocycles. The van der Waals surface area contributed by atoms with Gasteiger partial charge in [0.25, 0.3) is 0 Å². The first-order chi connectivity index (χ1) is 12.0. The molecule has 0 saturated carbocycles. The normalized spacial score (nSPS) is 11.8. The van der Waals surface area contributed by atoms with Crippen molar-refractivity contribution in [1.82, 2.24) is 20.2 Å². The molecule has 25 heavy (non-hydrogen) atoms. The largest absolute Gasteiger partial charge is 0.479 e. The van der Waals surface area contributed by atoms with E-state index >= 15 is 0 Å². The first-order valence-corrected chi connectivity index (χ1v) is 7.81. The summed E-state index contributed by atoms with van der Waals surface area (Å²) in [6, 6.07) is 12.7. The van der Waals surface area contributed by atoms with Crippen molar-refractivity contribution in [1.29, 1.82) is 0 Å². The SMILES string of the molecule is Cc1cc(C)cc(OC(C)C(=O)Oc2ccc(-n3cnnn3)cc2)c1. The van der Waals surface area contributed by atoms with Gasteiger partial charge in [0.2, 0.25) is 0 Å². The minimum absolute atomic E-state index is 0.428. The molecule has 3 aromatic rings. The van der Waals surface area contributed by atoms with Gasteiger partial charge in [0.05, 0.1) is 5.69 Å². The summed E-state index contributed by atoms with van der Waals surface area (Å²) in [4.78, 5) is 12.2. The second kappa shape index (κ2) is 7.12. The maximum Gasteiger partial charge on any atom is 0.352 e. The number of carbonyl (C=O) groups is 1. The summed E-state index contributed by atoms with van der Waals surface area (Å²) in [6.45, 7) is 5.62. The Morgan fingerprint density at radius 3 is 2.32 bits per heavy atom. The Kier molecular flexibility index (Phi) is 4.74. The highest BCUT2D eigenvalue weighted by atomic mass is 16.6. The summed E-state index contributed by atoms with van der Waals surface area (Å²) in [5, 5.41) is 10.9. The zero-order valence-corrected chi connectivity index (χ0v) is 14.2. The monoisotopic (exact) mass is 338 g/mol. The fourth-order valence-corrected chi connectivity index (χ4v) is 2.40. The number of aryl methyl sites for hydroxylation is 2. The lowest BCUT2D eigenvalue weighted by molar-refractivity contribution is -0.141. The molecule has 0 bridgehead atoms. The number of hydrogen-bond donors (Lipinski definition) is 0. The molecule has 0 radical (unpaired) electrons. The van der Waals surface area contributed by atoms with Crippen LogP contribution >= 0.6 is 0 Å². The highest BCUT2D eigenvalue weighted by molar-refractivity contribution is 5.77. The van der Waals surface area contributed by atoms with Gasteiger partial charge >= 0.3 is 5.97 Å². The van der Waals surface area contributed by atoms with E-state index in [9.17, 15) is 4.79 Å². The molecule has 0 fully saturated rings. The van der Waals surface area contributed by atoms with Crippen molar-refractivity contribution in [3.8, 4) is 17.2 Å². The highest BCUT2D eigenvalue weighted by Crippen LogP contribution is 2.19. The summed E-state index contributed by atoms with van der Waals surface area (Å²) in [5.41, 5.74) is 2.92. The number of benzene rings is 2. The first-order valence-electron chi connectivity index (χ1n) is 7.81. The zero-order valence-electron chi connectivity index (χ0n) is 14.2. The summed E-state index contributed by atoms with van der Waals surface area (Å²) < 4.78 is 12.6. The van der Waals surface area contributed by atoms with Gasteiger partial charge in [-0.15, -0.1) is 5.10 Å². The number of rotatable bonds is 5. The molecular weight excluding hydrogens is 320 g/mol. The molecule has 1 unspecified atom stereocenters. The quantitative estimate of drug-likeness (QED) is 0.526. The topological polar surface area (TPSA) is 79.1 Å². The van der Waals surface area contributed by atoms with Crippen LogP contribution < -0.4 is 9.47 Å². The average Bonchev–Trinajstić information content (AvgIpc) is 3.09. The molecule has 0 spiro atoms. The number of hydrogen-bond acceptors (Lipinski definition) is 6. The van der Waals surface area contributed by atoms with Gasteiger partial charge in [0, 0.05) is 0 Å². The van der Waals surface area contributed by atoms with E-state index in [0.717, 1.165) is 16.8 Å². The van der Waals surface area contributed by atoms with Crippen LogP contribution in [0.25, 0.3) is 5.69 Å². The summed E-state index contributed by atoms with van der Waals surface area (Å²) in [6.07, 6.45) is 0.765. The van der Waals surface area contributed by atoms with Crippen LogP contribution in [0, 0.1) is 13.8 Å². The molecule has 7 heteroatoms. The van der Waals surface area contributed by atoms with Crippen molar-refractivity contribution in [2.24, 2.45) is 0 Å². The molecule has 0 N–H and O–H groups in total. The van der Waals surface area contributed by atoms with Gasteiger partial charge in [-0.3, -0.25) is 0 Å². The van der Waals surface area contributed by atoms with E-state index in [1.165, 1.54) is 11.0 Å². The molecule has 3 rings (SSSR count). The molecule has 0 aliphatic carbocycles. The fourth-order valence-electron chi connectivity index (χ4n) is 2.40. The number of ether oxygens (including phenoxy) is 2. The number of carbonyl (C=O) groups excluding carboxylic acids is 1. The average molecular weight is 338 g/mol. The molecule has 7 nitrogen and oxygen atoms in total. The lowest BCUT2D eigenvalue weighted by Crippen LogP contribution is -2.28. The number of nitrogens with zero attached hydrogens (tertiary/aromatic N) is 4. The molecule has 2 aromatic carbocycles. The van der Waals surface area contributed by atoms with E-state index in [-0.39, 0.29) is 0 Å². The molecule has 1 atom stereocenters. The van der Waals surface area contributed by atoms with E-state index in [4.69, 9.17) is 9.47 Å². The Bertz CT molecular complexity index is 840. The second-order valence-electron chi connectivity index (χ2n) is 5.75. The predicted octanol–water partition coefficient (Wildman–Crippen LogP) is 2.65. The molecule has 0 saturated heterocycles. The number of esters is 1. The summed E-state index contributed by atoms with van der Waals surface area (Å²) >= 11 is 0. The van der Waals surface area contributed by atoms with E-state index in [2.05, 4.69) is 15.5 Å². The second-order valence-corrected chi connectivity index (χ2v) is 5.75. The predicted molar refractivity (Wildman–Crippen MR) is 90.8 cm³/mol. The van der Waals surface area contributed by atoms with Gasteiger partial charge in [-0.2, -0.15) is 0 Å². The van der Waals surface area contributed by atoms with Gasteiger partial charge in [0.15, 0.2) is 6.10 Å². The van der Waals surface area contributed by atoms with E-state index in [1.54, 1.807) is 31.2 Å². The Labute approximate surface area is 145 Å². The maximum absolute atomic E-state index is 12.2. The van der Waals surface area contributed by atoms with E-state index < -0.39 is 12.1 Å². The maximum atomic E-state index is 12.2. The summed E-state index contributed by atoms with van der Waals surface area (Å²) in [7, 11) is 0. The molecule has 1 aromatic heterocycles. The smallest absolute Gasteiger partial charge is 0.352 e. The van der Waals surface area contributed by atoms with Crippen molar-refractivity contribution in [2.45, 2.75) is 26.9 Å². The van der Waals surface area contributed by atoms with Crippen LogP contribution in [0.3, 0.4) is 0 Å². The Hall–Kier alpha value is -3.22. The third-order valence-corrected chi connectivity index (χ3v) is 3.51. The minimum atomic E-state index is -0.722. The van der Waals surface area contributed by atoms with Crippen LogP contribution in [0.5, 0.6) is 11.5 Å². The van der Waals surface area contributed by atoms with Gasteiger partial charge in [-0.05, 0) is 78.7 Å². The van der Waals surface area contributed by atoms with Crippen molar-refractivity contribution in [2.75, 3.05) is 0 Å². The van der Waals surface area contributed by atoms with Crippen molar-refractivity contribution < 1.29 is 14.3 Å². The Morgan fingerprint density at radius 2 is 1.72 bits per heavy atom. The summed E-state index contributed by atoms with van der Waals surface area (Å²) in [5.74, 6) is 0.614. The van der Waals surface area contributed by atoms with E-state index in [1.807, 2.05) is 32.0 Å². The Morgan fingerprint density at radius 1 is 1.04 bits per heavy atom. The van der Waals surface area contributed by atoms with Crippen LogP contribution in [0.1, 0.15) is 18.1 Å². The number of tetrazole rings is 1. The first kappa shape index (κ1) is 16.6. The van der Waals surface area contributed by atoms with Crippen molar-refractivity contribution in [3.05, 3.63) is 59.9 Å². The lowest BCUT2D eigenvalue weighted by atomic mass is 10.1. The van der Waals surface area contributed by atoms with Gasteiger partial charge < -0.3 is 9.47 Å². The van der Waals surface area contributed by atoms with Gasteiger partial charge in [-0.25, -0.2) is 9.48 Å². The van der Waals surface area contributed by atoms with Crippen LogP contribution in [-0.4, -0.2) is 32.3 Å². The third-order valence-electron chi connectivity index (χ3n) is 3.51. The highest BCUT2D eigenvalue weighted by Gasteiger charge is 2.17. The molecule has 128 valence electrons. The van der Waals surface area contributed by atoms with Gasteiger partial charge in [0.1, 0.15) is 17.8 Å². The van der Waals surface area contributed by atoms with Crippen molar-refractivity contribution >= 4 is 5.97 Å². The van der Waals surface area contributed by atoms with Crippen LogP contribution in [0.15, 0.2) is 48.8 Å². The molecule has 0 aliphatic heterocycles. The van der Waals surface area contributed by atoms with Crippen LogP contribution in [0.4, 0.5) is 0 Å². The Balaban J connectivity index is 1.63. The fraction of sp³-hybridized carbons (Fsp3) is 0.222. The molecule has 0 amide bonds. The molecular formula is C18H18N4O3. The lowest BCUT2D eigenvalue weighted by Gasteiger charge is -2.15. The molecule has 0 aliphatic rings. The zero-order chi connectivity index (χ0) is 17.8.